The zero-order chi connectivity index (χ0) is 11.5. The third kappa shape index (κ3) is 2.22. The van der Waals surface area contributed by atoms with Crippen molar-refractivity contribution in [2.45, 2.75) is 32.7 Å². The topological polar surface area (TPSA) is 15.3 Å². The summed E-state index contributed by atoms with van der Waals surface area (Å²) >= 11 is 0. The summed E-state index contributed by atoms with van der Waals surface area (Å²) in [6.45, 7) is 6.60. The van der Waals surface area contributed by atoms with Crippen molar-refractivity contribution in [1.82, 2.24) is 5.32 Å². The second-order valence-electron chi connectivity index (χ2n) is 4.69. The van der Waals surface area contributed by atoms with Crippen molar-refractivity contribution >= 4 is 5.69 Å². The quantitative estimate of drug-likeness (QED) is 0.839. The molecule has 88 valence electrons. The fraction of sp³-hybridized carbons (Fsp3) is 0.571. The minimum Gasteiger partial charge on any atom is -0.374 e. The number of hydrogen-bond donors (Lipinski definition) is 1. The summed E-state index contributed by atoms with van der Waals surface area (Å²) in [4.78, 5) is 2.36. The van der Waals surface area contributed by atoms with Gasteiger partial charge in [0.15, 0.2) is 0 Å². The van der Waals surface area contributed by atoms with Crippen molar-refractivity contribution < 1.29 is 0 Å². The average molecular weight is 218 g/mol. The maximum atomic E-state index is 3.47. The zero-order valence-electron chi connectivity index (χ0n) is 10.6. The van der Waals surface area contributed by atoms with Gasteiger partial charge in [-0.25, -0.2) is 0 Å². The van der Waals surface area contributed by atoms with Crippen molar-refractivity contribution in [1.29, 1.82) is 0 Å². The Labute approximate surface area is 98.7 Å². The molecule has 0 aromatic heterocycles. The first-order valence-electron chi connectivity index (χ1n) is 6.29. The lowest BCUT2D eigenvalue weighted by molar-refractivity contribution is 0.596. The van der Waals surface area contributed by atoms with Crippen LogP contribution in [0, 0.1) is 0 Å². The Bertz CT molecular complexity index is 360. The molecule has 1 N–H and O–H groups in total. The lowest BCUT2D eigenvalue weighted by Gasteiger charge is -2.28. The van der Waals surface area contributed by atoms with E-state index < -0.39 is 0 Å². The third-order valence-corrected chi connectivity index (χ3v) is 3.46. The van der Waals surface area contributed by atoms with Crippen LogP contribution in [0.1, 0.15) is 37.4 Å². The molecule has 1 heterocycles. The summed E-state index contributed by atoms with van der Waals surface area (Å²) in [5, 5.41) is 3.47. The highest BCUT2D eigenvalue weighted by molar-refractivity contribution is 5.56. The van der Waals surface area contributed by atoms with Crippen molar-refractivity contribution in [2.75, 3.05) is 25.0 Å². The molecule has 0 fully saturated rings. The molecule has 1 unspecified atom stereocenters. The summed E-state index contributed by atoms with van der Waals surface area (Å²) in [6.07, 6.45) is 2.51. The molecule has 0 spiro atoms. The van der Waals surface area contributed by atoms with Crippen molar-refractivity contribution in [3.8, 4) is 0 Å². The summed E-state index contributed by atoms with van der Waals surface area (Å²) in [5.74, 6) is 0. The van der Waals surface area contributed by atoms with Crippen LogP contribution in [0.15, 0.2) is 18.2 Å². The van der Waals surface area contributed by atoms with Crippen LogP contribution in [-0.2, 0) is 6.42 Å². The van der Waals surface area contributed by atoms with Gasteiger partial charge in [0.25, 0.3) is 0 Å². The Balaban J connectivity index is 2.24. The monoisotopic (exact) mass is 218 g/mol. The van der Waals surface area contributed by atoms with Crippen molar-refractivity contribution in [3.63, 3.8) is 0 Å². The van der Waals surface area contributed by atoms with E-state index in [1.165, 1.54) is 36.2 Å². The molecule has 0 radical (unpaired) electrons. The molecule has 2 nitrogen and oxygen atoms in total. The average Bonchev–Trinajstić information content (AvgIpc) is 2.29. The van der Waals surface area contributed by atoms with E-state index in [1.54, 1.807) is 0 Å². The Morgan fingerprint density at radius 2 is 2.25 bits per heavy atom. The molecular weight excluding hydrogens is 196 g/mol. The van der Waals surface area contributed by atoms with E-state index in [2.05, 4.69) is 49.3 Å². The lowest BCUT2D eigenvalue weighted by Crippen LogP contribution is -2.25. The van der Waals surface area contributed by atoms with E-state index in [0.29, 0.717) is 6.04 Å². The largest absolute Gasteiger partial charge is 0.374 e. The Kier molecular flexibility index (Phi) is 3.49. The van der Waals surface area contributed by atoms with Gasteiger partial charge >= 0.3 is 0 Å². The summed E-state index contributed by atoms with van der Waals surface area (Å²) in [7, 11) is 2.19. The van der Waals surface area contributed by atoms with Gasteiger partial charge < -0.3 is 10.2 Å². The minimum atomic E-state index is 0.461. The van der Waals surface area contributed by atoms with Crippen LogP contribution in [0.4, 0.5) is 5.69 Å². The van der Waals surface area contributed by atoms with E-state index in [4.69, 9.17) is 0 Å². The number of benzene rings is 1. The molecule has 1 atom stereocenters. The molecule has 1 aliphatic rings. The molecule has 0 saturated carbocycles. The SMILES string of the molecule is CCNC(C)c1ccc2c(c1)CCCN2C. The fourth-order valence-corrected chi connectivity index (χ4v) is 2.50. The van der Waals surface area contributed by atoms with Gasteiger partial charge in [-0.3, -0.25) is 0 Å². The summed E-state index contributed by atoms with van der Waals surface area (Å²) < 4.78 is 0. The highest BCUT2D eigenvalue weighted by atomic mass is 15.1. The molecule has 16 heavy (non-hydrogen) atoms. The zero-order valence-corrected chi connectivity index (χ0v) is 10.6. The first-order valence-corrected chi connectivity index (χ1v) is 6.29. The maximum absolute atomic E-state index is 3.47. The number of fused-ring (bicyclic) bond motifs is 1. The Morgan fingerprint density at radius 1 is 1.44 bits per heavy atom. The molecule has 1 aromatic rings. The Hall–Kier alpha value is -1.02. The number of aryl methyl sites for hydroxylation is 1. The van der Waals surface area contributed by atoms with Crippen LogP contribution < -0.4 is 10.2 Å². The molecule has 2 heteroatoms. The van der Waals surface area contributed by atoms with Crippen molar-refractivity contribution in [3.05, 3.63) is 29.3 Å². The first-order chi connectivity index (χ1) is 7.72. The van der Waals surface area contributed by atoms with E-state index in [1.807, 2.05) is 0 Å². The second kappa shape index (κ2) is 4.88. The molecular formula is C14H22N2. The predicted molar refractivity (Wildman–Crippen MR) is 70.1 cm³/mol. The van der Waals surface area contributed by atoms with Crippen LogP contribution in [-0.4, -0.2) is 20.1 Å². The normalized spacial score (nSPS) is 17.1. The van der Waals surface area contributed by atoms with Crippen LogP contribution >= 0.6 is 0 Å². The van der Waals surface area contributed by atoms with Gasteiger partial charge in [0.2, 0.25) is 0 Å². The number of anilines is 1. The minimum absolute atomic E-state index is 0.461. The molecule has 2 rings (SSSR count). The third-order valence-electron chi connectivity index (χ3n) is 3.46. The van der Waals surface area contributed by atoms with Crippen LogP contribution in [0.2, 0.25) is 0 Å². The smallest absolute Gasteiger partial charge is 0.0396 e. The predicted octanol–water partition coefficient (Wildman–Crippen LogP) is 2.74. The van der Waals surface area contributed by atoms with Crippen LogP contribution in [0.5, 0.6) is 0 Å². The number of nitrogens with one attached hydrogen (secondary N) is 1. The van der Waals surface area contributed by atoms with Gasteiger partial charge in [0.1, 0.15) is 0 Å². The van der Waals surface area contributed by atoms with E-state index in [-0.39, 0.29) is 0 Å². The van der Waals surface area contributed by atoms with Gasteiger partial charge in [-0.2, -0.15) is 0 Å². The standard InChI is InChI=1S/C14H22N2/c1-4-15-11(2)12-7-8-14-13(10-12)6-5-9-16(14)3/h7-8,10-11,15H,4-6,9H2,1-3H3. The highest BCUT2D eigenvalue weighted by Gasteiger charge is 2.14. The summed E-state index contributed by atoms with van der Waals surface area (Å²) in [5.41, 5.74) is 4.34. The molecule has 1 aliphatic heterocycles. The number of hydrogen-bond acceptors (Lipinski definition) is 2. The fourth-order valence-electron chi connectivity index (χ4n) is 2.50. The van der Waals surface area contributed by atoms with Gasteiger partial charge in [-0.1, -0.05) is 19.1 Å². The maximum Gasteiger partial charge on any atom is 0.0396 e. The van der Waals surface area contributed by atoms with Gasteiger partial charge in [-0.15, -0.1) is 0 Å². The lowest BCUT2D eigenvalue weighted by atomic mass is 9.97. The van der Waals surface area contributed by atoms with E-state index in [9.17, 15) is 0 Å². The van der Waals surface area contributed by atoms with Gasteiger partial charge in [0, 0.05) is 25.3 Å². The van der Waals surface area contributed by atoms with Crippen LogP contribution in [0.3, 0.4) is 0 Å². The van der Waals surface area contributed by atoms with Gasteiger partial charge in [-0.05, 0) is 43.5 Å². The first kappa shape index (κ1) is 11.5. The molecule has 0 saturated heterocycles. The summed E-state index contributed by atoms with van der Waals surface area (Å²) in [6, 6.07) is 7.37. The van der Waals surface area contributed by atoms with E-state index >= 15 is 0 Å². The van der Waals surface area contributed by atoms with E-state index in [0.717, 1.165) is 6.54 Å². The molecule has 1 aromatic carbocycles. The van der Waals surface area contributed by atoms with Crippen molar-refractivity contribution in [2.24, 2.45) is 0 Å². The number of nitrogens with zero attached hydrogens (tertiary/aromatic N) is 1. The van der Waals surface area contributed by atoms with Gasteiger partial charge in [0.05, 0.1) is 0 Å². The highest BCUT2D eigenvalue weighted by Crippen LogP contribution is 2.28. The second-order valence-corrected chi connectivity index (χ2v) is 4.69. The number of rotatable bonds is 3. The molecule has 0 amide bonds. The molecule has 0 bridgehead atoms. The van der Waals surface area contributed by atoms with Crippen LogP contribution in [0.25, 0.3) is 0 Å². The Morgan fingerprint density at radius 3 is 3.00 bits per heavy atom. The molecule has 0 aliphatic carbocycles.